The molecule has 0 atom stereocenters. The lowest BCUT2D eigenvalue weighted by atomic mass is 10.1. The van der Waals surface area contributed by atoms with Crippen LogP contribution in [0.15, 0.2) is 26.8 Å². The van der Waals surface area contributed by atoms with Gasteiger partial charge in [-0.25, -0.2) is 0 Å². The molecule has 0 N–H and O–H groups in total. The summed E-state index contributed by atoms with van der Waals surface area (Å²) in [5, 5.41) is 9.25. The number of furan rings is 1. The van der Waals surface area contributed by atoms with Crippen molar-refractivity contribution in [1.29, 1.82) is 5.26 Å². The van der Waals surface area contributed by atoms with Crippen LogP contribution in [0, 0.1) is 11.3 Å². The summed E-state index contributed by atoms with van der Waals surface area (Å²) < 4.78 is 5.86. The highest BCUT2D eigenvalue weighted by molar-refractivity contribution is 9.10. The van der Waals surface area contributed by atoms with Crippen LogP contribution in [0.5, 0.6) is 0 Å². The van der Waals surface area contributed by atoms with E-state index in [1.807, 2.05) is 6.92 Å². The van der Waals surface area contributed by atoms with Crippen LogP contribution in [-0.2, 0) is 0 Å². The van der Waals surface area contributed by atoms with Crippen LogP contribution < -0.4 is 0 Å². The van der Waals surface area contributed by atoms with Crippen LogP contribution in [0.25, 0.3) is 5.03 Å². The predicted molar refractivity (Wildman–Crippen MR) is 59.7 cm³/mol. The highest BCUT2D eigenvalue weighted by atomic mass is 79.9. The van der Waals surface area contributed by atoms with E-state index in [2.05, 4.69) is 22.0 Å². The fraction of sp³-hybridized carbons (Fsp3) is 0.300. The monoisotopic (exact) mass is 273 g/mol. The maximum Gasteiger partial charge on any atom is 0.169 e. The molecule has 1 aromatic rings. The van der Waals surface area contributed by atoms with E-state index in [0.717, 1.165) is 6.42 Å². The van der Waals surface area contributed by atoms with E-state index in [0.29, 0.717) is 27.5 Å². The lowest BCUT2D eigenvalue weighted by molar-refractivity contribution is 0.530. The molecule has 2 nitrogen and oxygen atoms in total. The fourth-order valence-electron chi connectivity index (χ4n) is 1.05. The van der Waals surface area contributed by atoms with E-state index in [1.54, 1.807) is 12.1 Å². The van der Waals surface area contributed by atoms with Gasteiger partial charge < -0.3 is 4.42 Å². The zero-order valence-electron chi connectivity index (χ0n) is 7.68. The van der Waals surface area contributed by atoms with Gasteiger partial charge in [-0.15, -0.1) is 0 Å². The largest absolute Gasteiger partial charge is 0.448 e. The van der Waals surface area contributed by atoms with Crippen molar-refractivity contribution in [3.8, 4) is 6.07 Å². The molecule has 0 saturated heterocycles. The standard InChI is InChI=1S/C10H9BrClNO/c1-2-3-7(6-13)10(12)8-4-5-9(11)14-8/h4-5H,2-3H2,1H3/b10-7-. The normalized spacial score (nSPS) is 12.1. The van der Waals surface area contributed by atoms with Gasteiger partial charge in [0.2, 0.25) is 0 Å². The van der Waals surface area contributed by atoms with E-state index < -0.39 is 0 Å². The van der Waals surface area contributed by atoms with Crippen molar-refractivity contribution in [3.05, 3.63) is 28.1 Å². The van der Waals surface area contributed by atoms with Gasteiger partial charge in [0.1, 0.15) is 5.76 Å². The molecule has 0 amide bonds. The van der Waals surface area contributed by atoms with Crippen LogP contribution in [0.3, 0.4) is 0 Å². The molecule has 0 radical (unpaired) electrons. The summed E-state index contributed by atoms with van der Waals surface area (Å²) in [5.41, 5.74) is 0.566. The minimum Gasteiger partial charge on any atom is -0.448 e. The first-order valence-electron chi connectivity index (χ1n) is 4.23. The van der Waals surface area contributed by atoms with Crippen molar-refractivity contribution in [1.82, 2.24) is 0 Å². The molecule has 4 heteroatoms. The van der Waals surface area contributed by atoms with Crippen molar-refractivity contribution in [2.45, 2.75) is 19.8 Å². The third kappa shape index (κ3) is 2.63. The molecule has 1 rings (SSSR count). The molecule has 0 aliphatic heterocycles. The Balaban J connectivity index is 3.02. The van der Waals surface area contributed by atoms with Crippen LogP contribution in [0.1, 0.15) is 25.5 Å². The number of nitriles is 1. The Morgan fingerprint density at radius 2 is 2.36 bits per heavy atom. The quantitative estimate of drug-likeness (QED) is 0.770. The minimum absolute atomic E-state index is 0.403. The highest BCUT2D eigenvalue weighted by Crippen LogP contribution is 2.28. The molecule has 0 unspecified atom stereocenters. The summed E-state index contributed by atoms with van der Waals surface area (Å²) in [4.78, 5) is 0. The Hall–Kier alpha value is -0.720. The van der Waals surface area contributed by atoms with Crippen LogP contribution in [0.2, 0.25) is 0 Å². The van der Waals surface area contributed by atoms with Gasteiger partial charge >= 0.3 is 0 Å². The van der Waals surface area contributed by atoms with Crippen LogP contribution >= 0.6 is 27.5 Å². The second-order valence-electron chi connectivity index (χ2n) is 2.76. The molecule has 74 valence electrons. The van der Waals surface area contributed by atoms with Gasteiger partial charge in [0.15, 0.2) is 4.67 Å². The maximum absolute atomic E-state index is 8.85. The van der Waals surface area contributed by atoms with Gasteiger partial charge in [-0.2, -0.15) is 5.26 Å². The third-order valence-corrected chi connectivity index (χ3v) is 2.53. The summed E-state index contributed by atoms with van der Waals surface area (Å²) in [6, 6.07) is 5.57. The Bertz CT molecular complexity index is 389. The Kier molecular flexibility index (Phi) is 4.24. The SMILES string of the molecule is CCC/C(C#N)=C(/Cl)c1ccc(Br)o1. The molecule has 0 bridgehead atoms. The van der Waals surface area contributed by atoms with Crippen LogP contribution in [0.4, 0.5) is 0 Å². The van der Waals surface area contributed by atoms with Crippen molar-refractivity contribution >= 4 is 32.6 Å². The summed E-state index contributed by atoms with van der Waals surface area (Å²) in [7, 11) is 0. The second-order valence-corrected chi connectivity index (χ2v) is 3.92. The van der Waals surface area contributed by atoms with Gasteiger partial charge in [0, 0.05) is 0 Å². The van der Waals surface area contributed by atoms with E-state index in [4.69, 9.17) is 21.3 Å². The highest BCUT2D eigenvalue weighted by Gasteiger charge is 2.09. The smallest absolute Gasteiger partial charge is 0.169 e. The number of hydrogen-bond acceptors (Lipinski definition) is 2. The minimum atomic E-state index is 0.403. The van der Waals surface area contributed by atoms with Gasteiger partial charge in [-0.3, -0.25) is 0 Å². The zero-order valence-corrected chi connectivity index (χ0v) is 10.0. The van der Waals surface area contributed by atoms with Gasteiger partial charge in [0.05, 0.1) is 16.7 Å². The van der Waals surface area contributed by atoms with Gasteiger partial charge in [0.25, 0.3) is 0 Å². The van der Waals surface area contributed by atoms with E-state index in [9.17, 15) is 0 Å². The molecule has 1 aromatic heterocycles. The van der Waals surface area contributed by atoms with Crippen molar-refractivity contribution in [2.24, 2.45) is 0 Å². The number of allylic oxidation sites excluding steroid dienone is 1. The zero-order chi connectivity index (χ0) is 10.6. The van der Waals surface area contributed by atoms with Crippen molar-refractivity contribution < 1.29 is 4.42 Å². The lowest BCUT2D eigenvalue weighted by Gasteiger charge is -1.98. The summed E-state index contributed by atoms with van der Waals surface area (Å²) in [6.45, 7) is 2.00. The average Bonchev–Trinajstić information content (AvgIpc) is 2.60. The molecule has 0 spiro atoms. The molecule has 0 saturated carbocycles. The number of rotatable bonds is 3. The second kappa shape index (κ2) is 5.23. The summed E-state index contributed by atoms with van der Waals surface area (Å²) in [6.07, 6.45) is 1.56. The lowest BCUT2D eigenvalue weighted by Crippen LogP contribution is -1.82. The molecule has 0 fully saturated rings. The Morgan fingerprint density at radius 1 is 1.64 bits per heavy atom. The molecular weight excluding hydrogens is 265 g/mol. The summed E-state index contributed by atoms with van der Waals surface area (Å²) in [5.74, 6) is 0.531. The first-order valence-corrected chi connectivity index (χ1v) is 5.40. The third-order valence-electron chi connectivity index (χ3n) is 1.69. The predicted octanol–water partition coefficient (Wildman–Crippen LogP) is 4.32. The molecule has 1 heterocycles. The first kappa shape index (κ1) is 11.4. The average molecular weight is 275 g/mol. The van der Waals surface area contributed by atoms with E-state index >= 15 is 0 Å². The number of hydrogen-bond donors (Lipinski definition) is 0. The molecule has 0 aromatic carbocycles. The topological polar surface area (TPSA) is 36.9 Å². The molecule has 14 heavy (non-hydrogen) atoms. The molecule has 0 aliphatic rings. The molecule has 0 aliphatic carbocycles. The maximum atomic E-state index is 8.85. The van der Waals surface area contributed by atoms with Crippen molar-refractivity contribution in [2.75, 3.05) is 0 Å². The van der Waals surface area contributed by atoms with E-state index in [1.165, 1.54) is 0 Å². The van der Waals surface area contributed by atoms with Gasteiger partial charge in [-0.05, 0) is 34.5 Å². The number of nitrogens with zero attached hydrogens (tertiary/aromatic N) is 1. The summed E-state index contributed by atoms with van der Waals surface area (Å²) >= 11 is 9.19. The van der Waals surface area contributed by atoms with Gasteiger partial charge in [-0.1, -0.05) is 24.9 Å². The number of halogens is 2. The van der Waals surface area contributed by atoms with Crippen LogP contribution in [-0.4, -0.2) is 0 Å². The van der Waals surface area contributed by atoms with E-state index in [-0.39, 0.29) is 0 Å². The Labute approximate surface area is 96.3 Å². The first-order chi connectivity index (χ1) is 6.69. The van der Waals surface area contributed by atoms with Crippen molar-refractivity contribution in [3.63, 3.8) is 0 Å². The molecular formula is C10H9BrClNO. The Morgan fingerprint density at radius 3 is 2.79 bits per heavy atom. The fourth-order valence-corrected chi connectivity index (χ4v) is 1.59.